The van der Waals surface area contributed by atoms with Gasteiger partial charge in [-0.2, -0.15) is 9.97 Å². The van der Waals surface area contributed by atoms with Crippen molar-refractivity contribution >= 4 is 5.95 Å². The fourth-order valence-electron chi connectivity index (χ4n) is 1.25. The van der Waals surface area contributed by atoms with Gasteiger partial charge < -0.3 is 14.8 Å². The molecule has 1 N–H and O–H groups in total. The largest absolute Gasteiger partial charge is 0.467 e. The minimum absolute atomic E-state index is 0.265. The molecule has 96 valence electrons. The van der Waals surface area contributed by atoms with Crippen LogP contribution in [0.1, 0.15) is 33.1 Å². The van der Waals surface area contributed by atoms with Crippen LogP contribution in [0.2, 0.25) is 0 Å². The number of aromatic nitrogens is 3. The van der Waals surface area contributed by atoms with E-state index in [0.29, 0.717) is 18.6 Å². The highest BCUT2D eigenvalue weighted by Crippen LogP contribution is 2.12. The first-order valence-corrected chi connectivity index (χ1v) is 5.96. The highest BCUT2D eigenvalue weighted by Gasteiger charge is 2.06. The first kappa shape index (κ1) is 13.5. The molecule has 0 amide bonds. The first-order chi connectivity index (χ1) is 8.30. The fourth-order valence-corrected chi connectivity index (χ4v) is 1.25. The molecule has 1 aromatic rings. The number of unbranched alkanes of at least 4 members (excludes halogenated alkanes) is 2. The Morgan fingerprint density at radius 3 is 2.47 bits per heavy atom. The van der Waals surface area contributed by atoms with E-state index in [-0.39, 0.29) is 6.01 Å². The SMILES string of the molecule is CCCCCOc1nc(NCC)nc(OC)n1. The Bertz CT molecular complexity index is 333. The van der Waals surface area contributed by atoms with Gasteiger partial charge in [0.15, 0.2) is 0 Å². The van der Waals surface area contributed by atoms with Gasteiger partial charge in [0.2, 0.25) is 5.95 Å². The predicted octanol–water partition coefficient (Wildman–Crippen LogP) is 1.88. The van der Waals surface area contributed by atoms with E-state index in [1.807, 2.05) is 6.92 Å². The summed E-state index contributed by atoms with van der Waals surface area (Å²) in [5.74, 6) is 0.477. The van der Waals surface area contributed by atoms with Crippen molar-refractivity contribution in [2.45, 2.75) is 33.1 Å². The third-order valence-corrected chi connectivity index (χ3v) is 2.09. The quantitative estimate of drug-likeness (QED) is 0.700. The number of methoxy groups -OCH3 is 1. The minimum Gasteiger partial charge on any atom is -0.467 e. The molecular formula is C11H20N4O2. The third kappa shape index (κ3) is 4.84. The maximum absolute atomic E-state index is 5.46. The molecule has 1 heterocycles. The van der Waals surface area contributed by atoms with E-state index in [4.69, 9.17) is 9.47 Å². The fraction of sp³-hybridized carbons (Fsp3) is 0.727. The normalized spacial score (nSPS) is 10.1. The summed E-state index contributed by atoms with van der Waals surface area (Å²) in [6, 6.07) is 0.574. The Morgan fingerprint density at radius 2 is 1.82 bits per heavy atom. The van der Waals surface area contributed by atoms with Gasteiger partial charge >= 0.3 is 12.0 Å². The van der Waals surface area contributed by atoms with Crippen LogP contribution in [0.25, 0.3) is 0 Å². The molecule has 0 bridgehead atoms. The summed E-state index contributed by atoms with van der Waals surface area (Å²) in [4.78, 5) is 12.2. The Balaban J connectivity index is 2.59. The number of rotatable bonds is 8. The van der Waals surface area contributed by atoms with Gasteiger partial charge in [-0.15, -0.1) is 4.98 Å². The van der Waals surface area contributed by atoms with Crippen molar-refractivity contribution in [2.24, 2.45) is 0 Å². The van der Waals surface area contributed by atoms with Crippen LogP contribution >= 0.6 is 0 Å². The van der Waals surface area contributed by atoms with E-state index in [1.54, 1.807) is 0 Å². The lowest BCUT2D eigenvalue weighted by atomic mass is 10.3. The molecule has 0 aliphatic rings. The molecular weight excluding hydrogens is 220 g/mol. The lowest BCUT2D eigenvalue weighted by molar-refractivity contribution is 0.273. The third-order valence-electron chi connectivity index (χ3n) is 2.09. The summed E-state index contributed by atoms with van der Waals surface area (Å²) in [7, 11) is 1.52. The predicted molar refractivity (Wildman–Crippen MR) is 65.6 cm³/mol. The van der Waals surface area contributed by atoms with Gasteiger partial charge in [-0.25, -0.2) is 0 Å². The minimum atomic E-state index is 0.265. The van der Waals surface area contributed by atoms with E-state index in [0.717, 1.165) is 25.8 Å². The molecule has 0 atom stereocenters. The van der Waals surface area contributed by atoms with Crippen molar-refractivity contribution in [3.63, 3.8) is 0 Å². The molecule has 0 unspecified atom stereocenters. The summed E-state index contributed by atoms with van der Waals surface area (Å²) in [6.07, 6.45) is 3.30. The van der Waals surface area contributed by atoms with Crippen LogP contribution in [0.5, 0.6) is 12.0 Å². The van der Waals surface area contributed by atoms with Crippen molar-refractivity contribution in [3.8, 4) is 12.0 Å². The van der Waals surface area contributed by atoms with Crippen molar-refractivity contribution in [1.29, 1.82) is 0 Å². The van der Waals surface area contributed by atoms with Crippen molar-refractivity contribution in [2.75, 3.05) is 25.6 Å². The molecule has 1 rings (SSSR count). The number of nitrogens with zero attached hydrogens (tertiary/aromatic N) is 3. The summed E-state index contributed by atoms with van der Waals surface area (Å²) in [6.45, 7) is 5.47. The van der Waals surface area contributed by atoms with Gasteiger partial charge in [0.05, 0.1) is 13.7 Å². The van der Waals surface area contributed by atoms with Gasteiger partial charge in [0, 0.05) is 6.54 Å². The summed E-state index contributed by atoms with van der Waals surface area (Å²) in [5, 5.41) is 3.00. The van der Waals surface area contributed by atoms with Gasteiger partial charge in [-0.1, -0.05) is 19.8 Å². The molecule has 1 aromatic heterocycles. The molecule has 0 saturated heterocycles. The number of ether oxygens (including phenoxy) is 2. The van der Waals surface area contributed by atoms with Crippen molar-refractivity contribution < 1.29 is 9.47 Å². The van der Waals surface area contributed by atoms with E-state index in [9.17, 15) is 0 Å². The zero-order valence-electron chi connectivity index (χ0n) is 10.7. The zero-order chi connectivity index (χ0) is 12.5. The highest BCUT2D eigenvalue weighted by molar-refractivity contribution is 5.26. The second-order valence-corrected chi connectivity index (χ2v) is 3.51. The van der Waals surface area contributed by atoms with Crippen LogP contribution in [-0.4, -0.2) is 35.2 Å². The molecule has 0 aromatic carbocycles. The second-order valence-electron chi connectivity index (χ2n) is 3.51. The van der Waals surface area contributed by atoms with Crippen molar-refractivity contribution in [3.05, 3.63) is 0 Å². The molecule has 17 heavy (non-hydrogen) atoms. The topological polar surface area (TPSA) is 69.2 Å². The average Bonchev–Trinajstić information content (AvgIpc) is 2.35. The number of hydrogen-bond acceptors (Lipinski definition) is 6. The Kier molecular flexibility index (Phi) is 6.06. The summed E-state index contributed by atoms with van der Waals surface area (Å²) in [5.41, 5.74) is 0. The maximum Gasteiger partial charge on any atom is 0.324 e. The first-order valence-electron chi connectivity index (χ1n) is 5.96. The van der Waals surface area contributed by atoms with Crippen molar-refractivity contribution in [1.82, 2.24) is 15.0 Å². The van der Waals surface area contributed by atoms with Crippen LogP contribution < -0.4 is 14.8 Å². The second kappa shape index (κ2) is 7.65. The molecule has 6 heteroatoms. The molecule has 0 radical (unpaired) electrons. The van der Waals surface area contributed by atoms with Gasteiger partial charge in [-0.3, -0.25) is 0 Å². The average molecular weight is 240 g/mol. The molecule has 0 aliphatic carbocycles. The Morgan fingerprint density at radius 1 is 1.06 bits per heavy atom. The van der Waals surface area contributed by atoms with E-state index >= 15 is 0 Å². The number of anilines is 1. The van der Waals surface area contributed by atoms with E-state index < -0.39 is 0 Å². The van der Waals surface area contributed by atoms with Crippen LogP contribution in [-0.2, 0) is 0 Å². The molecule has 0 spiro atoms. The standard InChI is InChI=1S/C11H20N4O2/c1-4-6-7-8-17-11-14-9(12-5-2)13-10(15-11)16-3/h4-8H2,1-3H3,(H,12,13,14,15). The zero-order valence-corrected chi connectivity index (χ0v) is 10.7. The van der Waals surface area contributed by atoms with Crippen LogP contribution in [0.15, 0.2) is 0 Å². The number of nitrogens with one attached hydrogen (secondary N) is 1. The monoisotopic (exact) mass is 240 g/mol. The lowest BCUT2D eigenvalue weighted by Gasteiger charge is -2.07. The summed E-state index contributed by atoms with van der Waals surface area (Å²) >= 11 is 0. The summed E-state index contributed by atoms with van der Waals surface area (Å²) < 4.78 is 10.4. The Labute approximate surface area is 102 Å². The molecule has 0 fully saturated rings. The lowest BCUT2D eigenvalue weighted by Crippen LogP contribution is -2.08. The van der Waals surface area contributed by atoms with Crippen LogP contribution in [0.4, 0.5) is 5.95 Å². The van der Waals surface area contributed by atoms with Crippen LogP contribution in [0.3, 0.4) is 0 Å². The smallest absolute Gasteiger partial charge is 0.324 e. The number of hydrogen-bond donors (Lipinski definition) is 1. The van der Waals surface area contributed by atoms with Gasteiger partial charge in [0.1, 0.15) is 0 Å². The van der Waals surface area contributed by atoms with E-state index in [1.165, 1.54) is 7.11 Å². The van der Waals surface area contributed by atoms with Gasteiger partial charge in [0.25, 0.3) is 0 Å². The van der Waals surface area contributed by atoms with Gasteiger partial charge in [-0.05, 0) is 13.3 Å². The Hall–Kier alpha value is -1.59. The molecule has 6 nitrogen and oxygen atoms in total. The highest BCUT2D eigenvalue weighted by atomic mass is 16.5. The van der Waals surface area contributed by atoms with E-state index in [2.05, 4.69) is 27.2 Å². The molecule has 0 aliphatic heterocycles. The molecule has 0 saturated carbocycles. The van der Waals surface area contributed by atoms with Crippen LogP contribution in [0, 0.1) is 0 Å². The maximum atomic E-state index is 5.46.